The summed E-state index contributed by atoms with van der Waals surface area (Å²) in [6.45, 7) is 2.98. The zero-order chi connectivity index (χ0) is 10.8. The predicted octanol–water partition coefficient (Wildman–Crippen LogP) is 1.08. The van der Waals surface area contributed by atoms with Crippen LogP contribution in [0.4, 0.5) is 4.79 Å². The molecule has 0 unspecified atom stereocenters. The fourth-order valence-corrected chi connectivity index (χ4v) is 1.89. The van der Waals surface area contributed by atoms with Crippen molar-refractivity contribution >= 4 is 6.09 Å². The van der Waals surface area contributed by atoms with Gasteiger partial charge in [-0.2, -0.15) is 0 Å². The van der Waals surface area contributed by atoms with Crippen LogP contribution in [0.25, 0.3) is 0 Å². The van der Waals surface area contributed by atoms with E-state index in [0.29, 0.717) is 13.1 Å². The molecule has 1 aromatic heterocycles. The molecule has 0 saturated carbocycles. The van der Waals surface area contributed by atoms with Crippen LogP contribution >= 0.6 is 0 Å². The fraction of sp³-hybridized carbons (Fsp3) is 0.500. The number of carboxylic acid groups (broad SMARTS) is 1. The number of aromatic nitrogens is 2. The van der Waals surface area contributed by atoms with Crippen LogP contribution in [0.5, 0.6) is 0 Å². The summed E-state index contributed by atoms with van der Waals surface area (Å²) in [6.07, 6.45) is 2.24. The number of fused-ring (bicyclic) bond motifs is 1. The maximum atomic E-state index is 10.8. The van der Waals surface area contributed by atoms with E-state index in [0.717, 1.165) is 29.8 Å². The van der Waals surface area contributed by atoms with Gasteiger partial charge in [-0.3, -0.25) is 0 Å². The van der Waals surface area contributed by atoms with Gasteiger partial charge in [0, 0.05) is 12.2 Å². The summed E-state index contributed by atoms with van der Waals surface area (Å²) < 4.78 is 0. The topological polar surface area (TPSA) is 66.3 Å². The number of amides is 1. The zero-order valence-corrected chi connectivity index (χ0v) is 8.60. The van der Waals surface area contributed by atoms with Gasteiger partial charge in [-0.15, -0.1) is 0 Å². The molecule has 0 spiro atoms. The second kappa shape index (κ2) is 3.84. The van der Waals surface area contributed by atoms with E-state index in [9.17, 15) is 4.79 Å². The minimum absolute atomic E-state index is 0.389. The summed E-state index contributed by atoms with van der Waals surface area (Å²) >= 11 is 0. The molecule has 5 heteroatoms. The van der Waals surface area contributed by atoms with Gasteiger partial charge in [-0.05, 0) is 18.4 Å². The standard InChI is InChI=1S/C10H13N3O2/c1-2-8-7-3-4-13(10(14)15)5-9(7)12-6-11-8/h6H,2-5H2,1H3,(H,14,15). The van der Waals surface area contributed by atoms with Gasteiger partial charge < -0.3 is 10.0 Å². The van der Waals surface area contributed by atoms with Crippen molar-refractivity contribution in [3.05, 3.63) is 23.3 Å². The molecule has 1 N–H and O–H groups in total. The first kappa shape index (κ1) is 9.89. The van der Waals surface area contributed by atoms with Crippen LogP contribution in [0.15, 0.2) is 6.33 Å². The fourth-order valence-electron chi connectivity index (χ4n) is 1.89. The van der Waals surface area contributed by atoms with Gasteiger partial charge in [0.15, 0.2) is 0 Å². The molecule has 15 heavy (non-hydrogen) atoms. The van der Waals surface area contributed by atoms with Crippen molar-refractivity contribution in [2.45, 2.75) is 26.3 Å². The lowest BCUT2D eigenvalue weighted by Crippen LogP contribution is -2.35. The minimum atomic E-state index is -0.877. The first-order chi connectivity index (χ1) is 7.22. The highest BCUT2D eigenvalue weighted by Gasteiger charge is 2.22. The van der Waals surface area contributed by atoms with Gasteiger partial charge in [0.1, 0.15) is 6.33 Å². The Kier molecular flexibility index (Phi) is 2.53. The second-order valence-electron chi connectivity index (χ2n) is 3.55. The predicted molar refractivity (Wildman–Crippen MR) is 53.5 cm³/mol. The first-order valence-corrected chi connectivity index (χ1v) is 5.02. The number of carbonyl (C=O) groups is 1. The molecule has 0 atom stereocenters. The maximum Gasteiger partial charge on any atom is 0.407 e. The summed E-state index contributed by atoms with van der Waals surface area (Å²) in [4.78, 5) is 20.5. The van der Waals surface area contributed by atoms with Gasteiger partial charge >= 0.3 is 6.09 Å². The Bertz CT molecular complexity index is 392. The number of nitrogens with zero attached hydrogens (tertiary/aromatic N) is 3. The number of hydrogen-bond donors (Lipinski definition) is 1. The minimum Gasteiger partial charge on any atom is -0.465 e. The van der Waals surface area contributed by atoms with Gasteiger partial charge in [0.25, 0.3) is 0 Å². The Morgan fingerprint density at radius 1 is 1.60 bits per heavy atom. The van der Waals surface area contributed by atoms with Crippen LogP contribution in [0, 0.1) is 0 Å². The number of rotatable bonds is 1. The molecule has 1 aliphatic heterocycles. The summed E-state index contributed by atoms with van der Waals surface area (Å²) in [5.74, 6) is 0. The first-order valence-electron chi connectivity index (χ1n) is 5.02. The Hall–Kier alpha value is -1.65. The largest absolute Gasteiger partial charge is 0.465 e. The molecule has 2 rings (SSSR count). The van der Waals surface area contributed by atoms with E-state index in [2.05, 4.69) is 9.97 Å². The molecular weight excluding hydrogens is 194 g/mol. The third kappa shape index (κ3) is 1.77. The normalized spacial score (nSPS) is 14.9. The van der Waals surface area contributed by atoms with Gasteiger partial charge in [-0.25, -0.2) is 14.8 Å². The lowest BCUT2D eigenvalue weighted by Gasteiger charge is -2.26. The van der Waals surface area contributed by atoms with Crippen LogP contribution in [-0.4, -0.2) is 32.6 Å². The second-order valence-corrected chi connectivity index (χ2v) is 3.55. The van der Waals surface area contributed by atoms with E-state index < -0.39 is 6.09 Å². The highest BCUT2D eigenvalue weighted by molar-refractivity contribution is 5.65. The molecule has 0 aliphatic carbocycles. The molecule has 5 nitrogen and oxygen atoms in total. The van der Waals surface area contributed by atoms with E-state index in [1.807, 2.05) is 6.92 Å². The maximum absolute atomic E-state index is 10.8. The molecule has 0 bridgehead atoms. The molecule has 0 radical (unpaired) electrons. The van der Waals surface area contributed by atoms with Crippen molar-refractivity contribution in [1.82, 2.24) is 14.9 Å². The third-order valence-electron chi connectivity index (χ3n) is 2.70. The summed E-state index contributed by atoms with van der Waals surface area (Å²) in [6, 6.07) is 0. The Balaban J connectivity index is 2.31. The number of hydrogen-bond acceptors (Lipinski definition) is 3. The smallest absolute Gasteiger partial charge is 0.407 e. The van der Waals surface area contributed by atoms with Crippen molar-refractivity contribution in [3.63, 3.8) is 0 Å². The lowest BCUT2D eigenvalue weighted by atomic mass is 10.0. The van der Waals surface area contributed by atoms with Crippen molar-refractivity contribution in [1.29, 1.82) is 0 Å². The van der Waals surface area contributed by atoms with Crippen LogP contribution in [0.3, 0.4) is 0 Å². The average molecular weight is 207 g/mol. The molecule has 0 fully saturated rings. The SMILES string of the molecule is CCc1ncnc2c1CCN(C(=O)O)C2. The van der Waals surface area contributed by atoms with Crippen LogP contribution in [-0.2, 0) is 19.4 Å². The summed E-state index contributed by atoms with van der Waals surface area (Å²) in [5, 5.41) is 8.87. The van der Waals surface area contributed by atoms with Crippen molar-refractivity contribution in [2.24, 2.45) is 0 Å². The van der Waals surface area contributed by atoms with Crippen molar-refractivity contribution in [3.8, 4) is 0 Å². The summed E-state index contributed by atoms with van der Waals surface area (Å²) in [7, 11) is 0. The lowest BCUT2D eigenvalue weighted by molar-refractivity contribution is 0.139. The Morgan fingerprint density at radius 2 is 2.40 bits per heavy atom. The highest BCUT2D eigenvalue weighted by Crippen LogP contribution is 2.19. The zero-order valence-electron chi connectivity index (χ0n) is 8.60. The third-order valence-corrected chi connectivity index (χ3v) is 2.70. The van der Waals surface area contributed by atoms with Crippen molar-refractivity contribution in [2.75, 3.05) is 6.54 Å². The van der Waals surface area contributed by atoms with Crippen LogP contribution < -0.4 is 0 Å². The van der Waals surface area contributed by atoms with E-state index in [1.54, 1.807) is 0 Å². The van der Waals surface area contributed by atoms with E-state index >= 15 is 0 Å². The van der Waals surface area contributed by atoms with E-state index in [-0.39, 0.29) is 0 Å². The van der Waals surface area contributed by atoms with E-state index in [1.165, 1.54) is 11.2 Å². The molecule has 1 aromatic rings. The molecule has 80 valence electrons. The Labute approximate surface area is 87.8 Å². The molecule has 1 aliphatic rings. The van der Waals surface area contributed by atoms with Gasteiger partial charge in [0.2, 0.25) is 0 Å². The molecular formula is C10H13N3O2. The molecule has 0 saturated heterocycles. The summed E-state index contributed by atoms with van der Waals surface area (Å²) in [5.41, 5.74) is 3.04. The quantitative estimate of drug-likeness (QED) is 0.748. The van der Waals surface area contributed by atoms with E-state index in [4.69, 9.17) is 5.11 Å². The van der Waals surface area contributed by atoms with Crippen LogP contribution in [0.1, 0.15) is 23.9 Å². The van der Waals surface area contributed by atoms with Crippen molar-refractivity contribution < 1.29 is 9.90 Å². The molecule has 2 heterocycles. The monoisotopic (exact) mass is 207 g/mol. The molecule has 0 aromatic carbocycles. The van der Waals surface area contributed by atoms with Gasteiger partial charge in [0.05, 0.1) is 12.2 Å². The van der Waals surface area contributed by atoms with Gasteiger partial charge in [-0.1, -0.05) is 6.92 Å². The average Bonchev–Trinajstić information content (AvgIpc) is 2.27. The molecule has 1 amide bonds. The van der Waals surface area contributed by atoms with Crippen LogP contribution in [0.2, 0.25) is 0 Å². The highest BCUT2D eigenvalue weighted by atomic mass is 16.4. The Morgan fingerprint density at radius 3 is 3.07 bits per heavy atom. The number of aryl methyl sites for hydroxylation is 1.